The van der Waals surface area contributed by atoms with Gasteiger partial charge in [-0.25, -0.2) is 13.8 Å². The zero-order valence-electron chi connectivity index (χ0n) is 16.0. The lowest BCUT2D eigenvalue weighted by Crippen LogP contribution is -2.30. The Kier molecular flexibility index (Phi) is 5.50. The Hall–Kier alpha value is -3.25. The molecule has 0 saturated heterocycles. The van der Waals surface area contributed by atoms with Crippen LogP contribution < -0.4 is 0 Å². The number of aromatic nitrogens is 1. The van der Waals surface area contributed by atoms with Crippen molar-refractivity contribution in [2.75, 3.05) is 0 Å². The SMILES string of the molecule is Cc1ccc2oc(CN(Cc3ccccc3Cl)C(=O)c3ccc(F)c(F)c3)nc2c1. The van der Waals surface area contributed by atoms with E-state index >= 15 is 0 Å². The number of benzene rings is 3. The topological polar surface area (TPSA) is 46.3 Å². The molecule has 1 heterocycles. The van der Waals surface area contributed by atoms with Gasteiger partial charge in [0.1, 0.15) is 5.52 Å². The van der Waals surface area contributed by atoms with Gasteiger partial charge >= 0.3 is 0 Å². The second-order valence-corrected chi connectivity index (χ2v) is 7.37. The number of rotatable bonds is 5. The van der Waals surface area contributed by atoms with E-state index in [9.17, 15) is 13.6 Å². The Morgan fingerprint density at radius 2 is 1.83 bits per heavy atom. The lowest BCUT2D eigenvalue weighted by molar-refractivity contribution is 0.0715. The molecule has 0 unspecified atom stereocenters. The van der Waals surface area contributed by atoms with Gasteiger partial charge in [0.05, 0.1) is 6.54 Å². The predicted octanol–water partition coefficient (Wildman–Crippen LogP) is 5.91. The summed E-state index contributed by atoms with van der Waals surface area (Å²) in [6.45, 7) is 2.14. The first-order valence-corrected chi connectivity index (χ1v) is 9.62. The first kappa shape index (κ1) is 20.0. The molecule has 1 aromatic heterocycles. The lowest BCUT2D eigenvalue weighted by atomic mass is 10.1. The average molecular weight is 427 g/mol. The first-order valence-electron chi connectivity index (χ1n) is 9.24. The molecule has 0 spiro atoms. The molecular weight excluding hydrogens is 410 g/mol. The molecule has 0 aliphatic carbocycles. The third-order valence-corrected chi connectivity index (χ3v) is 5.06. The summed E-state index contributed by atoms with van der Waals surface area (Å²) in [5.41, 5.74) is 3.06. The molecule has 152 valence electrons. The molecule has 0 radical (unpaired) electrons. The zero-order chi connectivity index (χ0) is 21.3. The van der Waals surface area contributed by atoms with Crippen molar-refractivity contribution >= 4 is 28.6 Å². The Labute approximate surface area is 176 Å². The minimum atomic E-state index is -1.09. The number of halogens is 3. The van der Waals surface area contributed by atoms with E-state index in [2.05, 4.69) is 4.98 Å². The number of carbonyl (C=O) groups is 1. The summed E-state index contributed by atoms with van der Waals surface area (Å²) in [7, 11) is 0. The van der Waals surface area contributed by atoms with Crippen LogP contribution in [0.25, 0.3) is 11.1 Å². The molecule has 0 N–H and O–H groups in total. The molecule has 0 aliphatic heterocycles. The van der Waals surface area contributed by atoms with Crippen LogP contribution >= 0.6 is 11.6 Å². The van der Waals surface area contributed by atoms with Gasteiger partial charge in [-0.2, -0.15) is 0 Å². The lowest BCUT2D eigenvalue weighted by Gasteiger charge is -2.22. The summed E-state index contributed by atoms with van der Waals surface area (Å²) in [6.07, 6.45) is 0. The molecule has 4 rings (SSSR count). The molecule has 1 amide bonds. The van der Waals surface area contributed by atoms with Gasteiger partial charge in [0.2, 0.25) is 5.89 Å². The summed E-state index contributed by atoms with van der Waals surface area (Å²) < 4.78 is 32.8. The molecule has 30 heavy (non-hydrogen) atoms. The molecule has 4 aromatic rings. The van der Waals surface area contributed by atoms with E-state index in [1.807, 2.05) is 31.2 Å². The number of amides is 1. The van der Waals surface area contributed by atoms with Crippen molar-refractivity contribution in [2.24, 2.45) is 0 Å². The molecule has 0 saturated carbocycles. The van der Waals surface area contributed by atoms with Crippen molar-refractivity contribution in [1.29, 1.82) is 0 Å². The van der Waals surface area contributed by atoms with Gasteiger partial charge in [-0.3, -0.25) is 4.79 Å². The van der Waals surface area contributed by atoms with Crippen molar-refractivity contribution in [3.8, 4) is 0 Å². The Balaban J connectivity index is 1.69. The third kappa shape index (κ3) is 4.19. The second kappa shape index (κ2) is 8.24. The fraction of sp³-hybridized carbons (Fsp3) is 0.130. The smallest absolute Gasteiger partial charge is 0.254 e. The van der Waals surface area contributed by atoms with E-state index in [4.69, 9.17) is 16.0 Å². The molecule has 0 fully saturated rings. The molecule has 0 atom stereocenters. The van der Waals surface area contributed by atoms with Crippen LogP contribution in [0.2, 0.25) is 5.02 Å². The Morgan fingerprint density at radius 1 is 1.03 bits per heavy atom. The van der Waals surface area contributed by atoms with Crippen LogP contribution in [0.3, 0.4) is 0 Å². The van der Waals surface area contributed by atoms with E-state index in [-0.39, 0.29) is 18.7 Å². The predicted molar refractivity (Wildman–Crippen MR) is 110 cm³/mol. The van der Waals surface area contributed by atoms with Gasteiger partial charge in [-0.15, -0.1) is 0 Å². The summed E-state index contributed by atoms with van der Waals surface area (Å²) in [4.78, 5) is 19.0. The number of carbonyl (C=O) groups excluding carboxylic acids is 1. The number of hydrogen-bond donors (Lipinski definition) is 0. The van der Waals surface area contributed by atoms with E-state index in [1.165, 1.54) is 11.0 Å². The highest BCUT2D eigenvalue weighted by molar-refractivity contribution is 6.31. The van der Waals surface area contributed by atoms with Crippen LogP contribution in [0.4, 0.5) is 8.78 Å². The van der Waals surface area contributed by atoms with Crippen molar-refractivity contribution in [2.45, 2.75) is 20.0 Å². The monoisotopic (exact) mass is 426 g/mol. The standard InChI is InChI=1S/C23H17ClF2N2O2/c1-14-6-9-21-20(10-14)27-22(30-21)13-28(12-16-4-2-3-5-17(16)24)23(29)15-7-8-18(25)19(26)11-15/h2-11H,12-13H2,1H3. The van der Waals surface area contributed by atoms with E-state index < -0.39 is 17.5 Å². The van der Waals surface area contributed by atoms with Gasteiger partial charge in [-0.05, 0) is 54.4 Å². The minimum Gasteiger partial charge on any atom is -0.439 e. The highest BCUT2D eigenvalue weighted by atomic mass is 35.5. The highest BCUT2D eigenvalue weighted by Crippen LogP contribution is 2.23. The van der Waals surface area contributed by atoms with Gasteiger partial charge < -0.3 is 9.32 Å². The number of nitrogens with zero attached hydrogens (tertiary/aromatic N) is 2. The molecule has 4 nitrogen and oxygen atoms in total. The van der Waals surface area contributed by atoms with E-state index in [0.717, 1.165) is 17.7 Å². The molecule has 0 bridgehead atoms. The minimum absolute atomic E-state index is 0.0212. The quantitative estimate of drug-likeness (QED) is 0.398. The van der Waals surface area contributed by atoms with E-state index in [0.29, 0.717) is 27.6 Å². The summed E-state index contributed by atoms with van der Waals surface area (Å²) >= 11 is 6.26. The fourth-order valence-electron chi connectivity index (χ4n) is 3.16. The van der Waals surface area contributed by atoms with E-state index in [1.54, 1.807) is 18.2 Å². The Morgan fingerprint density at radius 3 is 2.60 bits per heavy atom. The van der Waals surface area contributed by atoms with Gasteiger partial charge in [-0.1, -0.05) is 35.9 Å². The first-order chi connectivity index (χ1) is 14.4. The summed E-state index contributed by atoms with van der Waals surface area (Å²) in [5, 5.41) is 0.494. The van der Waals surface area contributed by atoms with Gasteiger partial charge in [0.25, 0.3) is 5.91 Å². The van der Waals surface area contributed by atoms with Crippen LogP contribution in [0.5, 0.6) is 0 Å². The maximum atomic E-state index is 13.7. The summed E-state index contributed by atoms with van der Waals surface area (Å²) in [5.74, 6) is -2.26. The maximum absolute atomic E-state index is 13.7. The second-order valence-electron chi connectivity index (χ2n) is 6.96. The summed E-state index contributed by atoms with van der Waals surface area (Å²) in [6, 6.07) is 15.8. The fourth-order valence-corrected chi connectivity index (χ4v) is 3.36. The van der Waals surface area contributed by atoms with Crippen LogP contribution in [0.15, 0.2) is 65.1 Å². The number of aryl methyl sites for hydroxylation is 1. The molecule has 3 aromatic carbocycles. The van der Waals surface area contributed by atoms with Crippen molar-refractivity contribution in [3.05, 3.63) is 99.9 Å². The van der Waals surface area contributed by atoms with Crippen LogP contribution in [-0.2, 0) is 13.1 Å². The molecule has 0 aliphatic rings. The normalized spacial score (nSPS) is 11.1. The van der Waals surface area contributed by atoms with Crippen LogP contribution in [0, 0.1) is 18.6 Å². The van der Waals surface area contributed by atoms with Crippen LogP contribution in [-0.4, -0.2) is 15.8 Å². The van der Waals surface area contributed by atoms with Crippen molar-refractivity contribution in [1.82, 2.24) is 9.88 Å². The van der Waals surface area contributed by atoms with Crippen molar-refractivity contribution in [3.63, 3.8) is 0 Å². The third-order valence-electron chi connectivity index (χ3n) is 4.69. The van der Waals surface area contributed by atoms with Crippen LogP contribution in [0.1, 0.15) is 27.4 Å². The largest absolute Gasteiger partial charge is 0.439 e. The molecule has 7 heteroatoms. The Bertz CT molecular complexity index is 1240. The van der Waals surface area contributed by atoms with Crippen molar-refractivity contribution < 1.29 is 18.0 Å². The van der Waals surface area contributed by atoms with Gasteiger partial charge in [0, 0.05) is 17.1 Å². The highest BCUT2D eigenvalue weighted by Gasteiger charge is 2.21. The average Bonchev–Trinajstić information content (AvgIpc) is 3.12. The number of oxazole rings is 1. The maximum Gasteiger partial charge on any atom is 0.254 e. The molecular formula is C23H17ClF2N2O2. The number of fused-ring (bicyclic) bond motifs is 1. The van der Waals surface area contributed by atoms with Gasteiger partial charge in [0.15, 0.2) is 17.2 Å². The number of hydrogen-bond acceptors (Lipinski definition) is 3. The zero-order valence-corrected chi connectivity index (χ0v) is 16.8.